The van der Waals surface area contributed by atoms with Crippen LogP contribution in [0.5, 0.6) is 5.75 Å². The molecule has 0 heterocycles. The Morgan fingerprint density at radius 1 is 1.29 bits per heavy atom. The summed E-state index contributed by atoms with van der Waals surface area (Å²) in [7, 11) is 0. The molecule has 1 aromatic rings. The molecule has 0 atom stereocenters. The van der Waals surface area contributed by atoms with Crippen LogP contribution < -0.4 is 10.1 Å². The third kappa shape index (κ3) is 5.06. The lowest BCUT2D eigenvalue weighted by Gasteiger charge is -2.12. The number of aliphatic hydroxyl groups excluding tert-OH is 1. The fraction of sp³-hybridized carbons (Fsp3) is 0.538. The van der Waals surface area contributed by atoms with Gasteiger partial charge in [0.05, 0.1) is 17.7 Å². The lowest BCUT2D eigenvalue weighted by atomic mass is 10.1. The van der Waals surface area contributed by atoms with Gasteiger partial charge in [-0.3, -0.25) is 0 Å². The summed E-state index contributed by atoms with van der Waals surface area (Å²) in [6.45, 7) is 6.50. The Labute approximate surface area is 111 Å². The molecular formula is C13H20BrNO2. The van der Waals surface area contributed by atoms with Crippen LogP contribution in [0.2, 0.25) is 0 Å². The summed E-state index contributed by atoms with van der Waals surface area (Å²) in [6.07, 6.45) is 0.930. The van der Waals surface area contributed by atoms with Crippen molar-refractivity contribution in [3.8, 4) is 5.75 Å². The predicted octanol–water partition coefficient (Wildman–Crippen LogP) is 2.42. The molecule has 0 fully saturated rings. The van der Waals surface area contributed by atoms with Gasteiger partial charge in [-0.15, -0.1) is 0 Å². The van der Waals surface area contributed by atoms with E-state index in [1.807, 2.05) is 0 Å². The van der Waals surface area contributed by atoms with Gasteiger partial charge < -0.3 is 15.2 Å². The summed E-state index contributed by atoms with van der Waals surface area (Å²) in [6, 6.07) is 4.18. The van der Waals surface area contributed by atoms with Crippen molar-refractivity contribution in [3.05, 3.63) is 27.7 Å². The lowest BCUT2D eigenvalue weighted by Crippen LogP contribution is -2.21. The van der Waals surface area contributed by atoms with Gasteiger partial charge in [0.1, 0.15) is 5.75 Å². The number of hydrogen-bond acceptors (Lipinski definition) is 3. The minimum absolute atomic E-state index is 0.184. The third-order valence-corrected chi connectivity index (χ3v) is 3.00. The maximum atomic E-state index is 8.60. The average Bonchev–Trinajstić information content (AvgIpc) is 2.26. The minimum Gasteiger partial charge on any atom is -0.492 e. The van der Waals surface area contributed by atoms with E-state index in [9.17, 15) is 0 Å². The standard InChI is InChI=1S/C13H20BrNO2/c1-10-8-11(2)13(12(14)9-10)17-7-3-4-15-5-6-16/h8-9,15-16H,3-7H2,1-2H3. The zero-order chi connectivity index (χ0) is 12.7. The van der Waals surface area contributed by atoms with Crippen LogP contribution >= 0.6 is 15.9 Å². The number of benzene rings is 1. The fourth-order valence-corrected chi connectivity index (χ4v) is 2.45. The van der Waals surface area contributed by atoms with E-state index in [2.05, 4.69) is 47.2 Å². The zero-order valence-electron chi connectivity index (χ0n) is 10.4. The number of rotatable bonds is 7. The van der Waals surface area contributed by atoms with Crippen LogP contribution in [0.1, 0.15) is 17.5 Å². The van der Waals surface area contributed by atoms with Gasteiger partial charge in [0, 0.05) is 6.54 Å². The van der Waals surface area contributed by atoms with E-state index in [1.54, 1.807) is 0 Å². The highest BCUT2D eigenvalue weighted by molar-refractivity contribution is 9.10. The van der Waals surface area contributed by atoms with Crippen LogP contribution in [-0.4, -0.2) is 31.4 Å². The normalized spacial score (nSPS) is 10.6. The van der Waals surface area contributed by atoms with Crippen LogP contribution in [0.15, 0.2) is 16.6 Å². The molecule has 96 valence electrons. The maximum Gasteiger partial charge on any atom is 0.136 e. The van der Waals surface area contributed by atoms with E-state index >= 15 is 0 Å². The first-order valence-corrected chi connectivity index (χ1v) is 6.65. The second-order valence-corrected chi connectivity index (χ2v) is 4.92. The largest absolute Gasteiger partial charge is 0.492 e. The fourth-order valence-electron chi connectivity index (χ4n) is 1.66. The van der Waals surface area contributed by atoms with E-state index < -0.39 is 0 Å². The van der Waals surface area contributed by atoms with Gasteiger partial charge in [-0.1, -0.05) is 6.07 Å². The van der Waals surface area contributed by atoms with Crippen molar-refractivity contribution < 1.29 is 9.84 Å². The van der Waals surface area contributed by atoms with Gasteiger partial charge in [-0.25, -0.2) is 0 Å². The molecule has 0 unspecified atom stereocenters. The minimum atomic E-state index is 0.184. The molecule has 2 N–H and O–H groups in total. The van der Waals surface area contributed by atoms with Crippen molar-refractivity contribution in [3.63, 3.8) is 0 Å². The second-order valence-electron chi connectivity index (χ2n) is 4.07. The van der Waals surface area contributed by atoms with Crippen LogP contribution in [0, 0.1) is 13.8 Å². The molecule has 0 aliphatic rings. The Kier molecular flexibility index (Phi) is 6.55. The predicted molar refractivity (Wildman–Crippen MR) is 73.7 cm³/mol. The van der Waals surface area contributed by atoms with Crippen molar-refractivity contribution >= 4 is 15.9 Å². The van der Waals surface area contributed by atoms with Gasteiger partial charge in [0.25, 0.3) is 0 Å². The molecule has 1 aromatic carbocycles. The molecule has 0 saturated heterocycles. The second kappa shape index (κ2) is 7.69. The lowest BCUT2D eigenvalue weighted by molar-refractivity contribution is 0.281. The summed E-state index contributed by atoms with van der Waals surface area (Å²) in [5.74, 6) is 0.928. The summed E-state index contributed by atoms with van der Waals surface area (Å²) < 4.78 is 6.77. The van der Waals surface area contributed by atoms with E-state index in [0.29, 0.717) is 13.2 Å². The molecule has 1 rings (SSSR count). The Hall–Kier alpha value is -0.580. The van der Waals surface area contributed by atoms with E-state index in [4.69, 9.17) is 9.84 Å². The highest BCUT2D eigenvalue weighted by atomic mass is 79.9. The Morgan fingerprint density at radius 2 is 2.06 bits per heavy atom. The molecule has 0 saturated carbocycles. The number of nitrogens with one attached hydrogen (secondary N) is 1. The smallest absolute Gasteiger partial charge is 0.136 e. The van der Waals surface area contributed by atoms with Crippen molar-refractivity contribution in [2.75, 3.05) is 26.3 Å². The third-order valence-electron chi connectivity index (χ3n) is 2.41. The molecule has 3 nitrogen and oxygen atoms in total. The Bertz CT molecular complexity index is 332. The average molecular weight is 302 g/mol. The molecule has 0 bridgehead atoms. The summed E-state index contributed by atoms with van der Waals surface area (Å²) >= 11 is 3.52. The van der Waals surface area contributed by atoms with E-state index in [0.717, 1.165) is 28.8 Å². The Morgan fingerprint density at radius 3 is 2.71 bits per heavy atom. The van der Waals surface area contributed by atoms with Crippen LogP contribution in [-0.2, 0) is 0 Å². The summed E-state index contributed by atoms with van der Waals surface area (Å²) in [4.78, 5) is 0. The number of halogens is 1. The SMILES string of the molecule is Cc1cc(C)c(OCCCNCCO)c(Br)c1. The van der Waals surface area contributed by atoms with Crippen molar-refractivity contribution in [1.82, 2.24) is 5.32 Å². The van der Waals surface area contributed by atoms with Gasteiger partial charge >= 0.3 is 0 Å². The molecule has 17 heavy (non-hydrogen) atoms. The molecular weight excluding hydrogens is 282 g/mol. The van der Waals surface area contributed by atoms with Gasteiger partial charge in [0.15, 0.2) is 0 Å². The van der Waals surface area contributed by atoms with Crippen molar-refractivity contribution in [2.45, 2.75) is 20.3 Å². The number of ether oxygens (including phenoxy) is 1. The highest BCUT2D eigenvalue weighted by Crippen LogP contribution is 2.30. The quantitative estimate of drug-likeness (QED) is 0.760. The first-order valence-electron chi connectivity index (χ1n) is 5.86. The summed E-state index contributed by atoms with van der Waals surface area (Å²) in [5.41, 5.74) is 2.38. The zero-order valence-corrected chi connectivity index (χ0v) is 12.0. The first-order chi connectivity index (χ1) is 8.15. The molecule has 0 spiro atoms. The van der Waals surface area contributed by atoms with Gasteiger partial charge in [-0.2, -0.15) is 0 Å². The van der Waals surface area contributed by atoms with Crippen molar-refractivity contribution in [2.24, 2.45) is 0 Å². The van der Waals surface area contributed by atoms with Crippen LogP contribution in [0.25, 0.3) is 0 Å². The van der Waals surface area contributed by atoms with E-state index in [-0.39, 0.29) is 6.61 Å². The number of aryl methyl sites for hydroxylation is 2. The molecule has 4 heteroatoms. The molecule has 0 radical (unpaired) electrons. The maximum absolute atomic E-state index is 8.60. The van der Waals surface area contributed by atoms with Crippen LogP contribution in [0.4, 0.5) is 0 Å². The first kappa shape index (κ1) is 14.5. The van der Waals surface area contributed by atoms with Crippen molar-refractivity contribution in [1.29, 1.82) is 0 Å². The summed E-state index contributed by atoms with van der Waals surface area (Å²) in [5, 5.41) is 11.7. The molecule has 0 amide bonds. The monoisotopic (exact) mass is 301 g/mol. The molecule has 0 aliphatic carbocycles. The molecule has 0 aromatic heterocycles. The molecule has 0 aliphatic heterocycles. The topological polar surface area (TPSA) is 41.5 Å². The van der Waals surface area contributed by atoms with E-state index in [1.165, 1.54) is 5.56 Å². The van der Waals surface area contributed by atoms with Gasteiger partial charge in [-0.05, 0) is 59.9 Å². The highest BCUT2D eigenvalue weighted by Gasteiger charge is 2.05. The van der Waals surface area contributed by atoms with Crippen LogP contribution in [0.3, 0.4) is 0 Å². The van der Waals surface area contributed by atoms with Gasteiger partial charge in [0.2, 0.25) is 0 Å². The number of hydrogen-bond donors (Lipinski definition) is 2. The Balaban J connectivity index is 2.36. The number of aliphatic hydroxyl groups is 1.